The van der Waals surface area contributed by atoms with Crippen molar-refractivity contribution in [3.63, 3.8) is 0 Å². The Balaban J connectivity index is 2.09. The van der Waals surface area contributed by atoms with Crippen molar-refractivity contribution >= 4 is 11.6 Å². The minimum Gasteiger partial charge on any atom is -0.497 e. The molecule has 20 heavy (non-hydrogen) atoms. The van der Waals surface area contributed by atoms with Crippen molar-refractivity contribution < 1.29 is 20.1 Å². The van der Waals surface area contributed by atoms with E-state index >= 15 is 0 Å². The van der Waals surface area contributed by atoms with Gasteiger partial charge in [0.15, 0.2) is 0 Å². The lowest BCUT2D eigenvalue weighted by atomic mass is 9.95. The molecule has 0 aliphatic carbocycles. The summed E-state index contributed by atoms with van der Waals surface area (Å²) in [6.07, 6.45) is -2.06. The van der Waals surface area contributed by atoms with Gasteiger partial charge >= 0.3 is 0 Å². The van der Waals surface area contributed by atoms with Crippen LogP contribution in [0.3, 0.4) is 0 Å². The number of aliphatic hydroxyl groups is 3. The lowest BCUT2D eigenvalue weighted by molar-refractivity contribution is -0.0895. The molecule has 1 aromatic carbocycles. The molecular formula is C14H20ClNO4. The van der Waals surface area contributed by atoms with E-state index in [1.165, 1.54) is 0 Å². The smallest absolute Gasteiger partial charge is 0.118 e. The third-order valence-electron chi connectivity index (χ3n) is 3.72. The summed E-state index contributed by atoms with van der Waals surface area (Å²) in [5.41, 5.74) is 1.02. The predicted molar refractivity (Wildman–Crippen MR) is 75.9 cm³/mol. The van der Waals surface area contributed by atoms with Crippen molar-refractivity contribution in [2.45, 2.75) is 30.2 Å². The maximum atomic E-state index is 9.98. The summed E-state index contributed by atoms with van der Waals surface area (Å²) in [5.74, 6) is 0.775. The van der Waals surface area contributed by atoms with Crippen LogP contribution >= 0.6 is 11.6 Å². The Labute approximate surface area is 123 Å². The number of benzene rings is 1. The van der Waals surface area contributed by atoms with Crippen LogP contribution in [0.2, 0.25) is 0 Å². The molecule has 0 spiro atoms. The molecule has 1 aromatic rings. The van der Waals surface area contributed by atoms with Gasteiger partial charge in [0, 0.05) is 13.1 Å². The van der Waals surface area contributed by atoms with Gasteiger partial charge in [-0.05, 0) is 17.7 Å². The van der Waals surface area contributed by atoms with Crippen LogP contribution in [-0.4, -0.2) is 64.1 Å². The van der Waals surface area contributed by atoms with Crippen LogP contribution in [0.15, 0.2) is 24.3 Å². The molecule has 1 saturated heterocycles. The summed E-state index contributed by atoms with van der Waals surface area (Å²) in [4.78, 5) is 1.89. The first-order valence-corrected chi connectivity index (χ1v) is 6.98. The standard InChI is InChI=1S/C14H20ClNO4/c1-20-10-4-2-9(3-5-10)6-16-7-11(15)13(18)14(19)12(16)8-17/h2-5,11-14,17-19H,6-8H2,1H3/t11-,12?,13+,14+/m0/s1. The van der Waals surface area contributed by atoms with Crippen molar-refractivity contribution in [2.24, 2.45) is 0 Å². The fourth-order valence-corrected chi connectivity index (χ4v) is 2.82. The Kier molecular flexibility index (Phi) is 5.23. The highest BCUT2D eigenvalue weighted by molar-refractivity contribution is 6.21. The van der Waals surface area contributed by atoms with Crippen molar-refractivity contribution in [3.05, 3.63) is 29.8 Å². The average molecular weight is 302 g/mol. The maximum absolute atomic E-state index is 9.98. The molecule has 1 aliphatic heterocycles. The summed E-state index contributed by atoms with van der Waals surface area (Å²) in [6, 6.07) is 7.05. The molecule has 1 fully saturated rings. The highest BCUT2D eigenvalue weighted by Gasteiger charge is 2.40. The van der Waals surface area contributed by atoms with Crippen molar-refractivity contribution in [1.29, 1.82) is 0 Å². The second-order valence-corrected chi connectivity index (χ2v) is 5.59. The lowest BCUT2D eigenvalue weighted by Crippen LogP contribution is -2.60. The molecule has 4 atom stereocenters. The maximum Gasteiger partial charge on any atom is 0.118 e. The van der Waals surface area contributed by atoms with E-state index in [0.717, 1.165) is 11.3 Å². The largest absolute Gasteiger partial charge is 0.497 e. The van der Waals surface area contributed by atoms with Gasteiger partial charge < -0.3 is 20.1 Å². The van der Waals surface area contributed by atoms with Gasteiger partial charge in [0.05, 0.1) is 37.3 Å². The average Bonchev–Trinajstić information content (AvgIpc) is 2.46. The minimum absolute atomic E-state index is 0.224. The molecule has 0 amide bonds. The van der Waals surface area contributed by atoms with Gasteiger partial charge in [0.2, 0.25) is 0 Å². The van der Waals surface area contributed by atoms with Gasteiger partial charge in [-0.1, -0.05) is 12.1 Å². The molecule has 0 bridgehead atoms. The number of ether oxygens (including phenoxy) is 1. The number of hydrogen-bond acceptors (Lipinski definition) is 5. The Hall–Kier alpha value is -0.850. The predicted octanol–water partition coefficient (Wildman–Crippen LogP) is 0.201. The van der Waals surface area contributed by atoms with E-state index in [1.807, 2.05) is 29.2 Å². The summed E-state index contributed by atoms with van der Waals surface area (Å²) < 4.78 is 5.10. The Morgan fingerprint density at radius 2 is 1.90 bits per heavy atom. The summed E-state index contributed by atoms with van der Waals surface area (Å²) >= 11 is 6.04. The molecule has 0 saturated carbocycles. The van der Waals surface area contributed by atoms with E-state index in [0.29, 0.717) is 13.1 Å². The molecule has 6 heteroatoms. The van der Waals surface area contributed by atoms with Crippen molar-refractivity contribution in [1.82, 2.24) is 4.90 Å². The molecule has 5 nitrogen and oxygen atoms in total. The van der Waals surface area contributed by atoms with Crippen LogP contribution in [0.4, 0.5) is 0 Å². The van der Waals surface area contributed by atoms with Gasteiger partial charge in [-0.15, -0.1) is 11.6 Å². The van der Waals surface area contributed by atoms with Crippen molar-refractivity contribution in [2.75, 3.05) is 20.3 Å². The second-order valence-electron chi connectivity index (χ2n) is 5.02. The van der Waals surface area contributed by atoms with E-state index in [-0.39, 0.29) is 6.61 Å². The number of piperidine rings is 1. The molecule has 1 heterocycles. The van der Waals surface area contributed by atoms with Crippen LogP contribution in [0.5, 0.6) is 5.75 Å². The first kappa shape index (κ1) is 15.5. The molecule has 3 N–H and O–H groups in total. The van der Waals surface area contributed by atoms with Gasteiger partial charge in [-0.25, -0.2) is 0 Å². The normalized spacial score (nSPS) is 31.2. The van der Waals surface area contributed by atoms with Crippen LogP contribution in [0.25, 0.3) is 0 Å². The fourth-order valence-electron chi connectivity index (χ4n) is 2.50. The van der Waals surface area contributed by atoms with Crippen LogP contribution in [0, 0.1) is 0 Å². The molecule has 2 rings (SSSR count). The third kappa shape index (κ3) is 3.24. The second kappa shape index (κ2) is 6.74. The van der Waals surface area contributed by atoms with Gasteiger partial charge in [-0.3, -0.25) is 4.90 Å². The fraction of sp³-hybridized carbons (Fsp3) is 0.571. The van der Waals surface area contributed by atoms with E-state index < -0.39 is 23.6 Å². The number of hydrogen-bond donors (Lipinski definition) is 3. The number of nitrogens with zero attached hydrogens (tertiary/aromatic N) is 1. The molecule has 112 valence electrons. The zero-order valence-electron chi connectivity index (χ0n) is 11.3. The zero-order valence-corrected chi connectivity index (χ0v) is 12.1. The summed E-state index contributed by atoms with van der Waals surface area (Å²) in [6.45, 7) is 0.733. The van der Waals surface area contributed by atoms with E-state index in [2.05, 4.69) is 0 Å². The Morgan fingerprint density at radius 1 is 1.25 bits per heavy atom. The third-order valence-corrected chi connectivity index (χ3v) is 4.12. The van der Waals surface area contributed by atoms with Gasteiger partial charge in [0.1, 0.15) is 5.75 Å². The van der Waals surface area contributed by atoms with Crippen LogP contribution < -0.4 is 4.74 Å². The summed E-state index contributed by atoms with van der Waals surface area (Å²) in [7, 11) is 1.61. The van der Waals surface area contributed by atoms with E-state index in [9.17, 15) is 15.3 Å². The number of halogens is 1. The number of alkyl halides is 1. The topological polar surface area (TPSA) is 73.2 Å². The summed E-state index contributed by atoms with van der Waals surface area (Å²) in [5, 5.41) is 28.6. The van der Waals surface area contributed by atoms with Gasteiger partial charge in [0.25, 0.3) is 0 Å². The monoisotopic (exact) mass is 301 g/mol. The zero-order chi connectivity index (χ0) is 14.7. The van der Waals surface area contributed by atoms with Crippen LogP contribution in [-0.2, 0) is 6.54 Å². The van der Waals surface area contributed by atoms with E-state index in [1.54, 1.807) is 7.11 Å². The highest BCUT2D eigenvalue weighted by atomic mass is 35.5. The molecule has 1 aliphatic rings. The number of likely N-dealkylation sites (tertiary alicyclic amines) is 1. The highest BCUT2D eigenvalue weighted by Crippen LogP contribution is 2.24. The molecular weight excluding hydrogens is 282 g/mol. The molecule has 0 radical (unpaired) electrons. The Bertz CT molecular complexity index is 428. The lowest BCUT2D eigenvalue weighted by Gasteiger charge is -2.43. The van der Waals surface area contributed by atoms with E-state index in [4.69, 9.17) is 16.3 Å². The number of aliphatic hydroxyl groups excluding tert-OH is 3. The molecule has 0 aromatic heterocycles. The Morgan fingerprint density at radius 3 is 2.45 bits per heavy atom. The molecule has 1 unspecified atom stereocenters. The van der Waals surface area contributed by atoms with Crippen molar-refractivity contribution in [3.8, 4) is 5.75 Å². The number of methoxy groups -OCH3 is 1. The first-order valence-electron chi connectivity index (χ1n) is 6.55. The quantitative estimate of drug-likeness (QED) is 0.693. The number of rotatable bonds is 4. The minimum atomic E-state index is -1.05. The van der Waals surface area contributed by atoms with Crippen LogP contribution in [0.1, 0.15) is 5.56 Å². The first-order chi connectivity index (χ1) is 9.56. The van der Waals surface area contributed by atoms with Gasteiger partial charge in [-0.2, -0.15) is 0 Å². The SMILES string of the molecule is COc1ccc(CN2C[C@H](Cl)[C@@H](O)[C@H](O)C2CO)cc1.